The second-order valence-electron chi connectivity index (χ2n) is 7.91. The van der Waals surface area contributed by atoms with Gasteiger partial charge in [0, 0.05) is 51.7 Å². The Morgan fingerprint density at radius 3 is 2.62 bits per heavy atom. The highest BCUT2D eigenvalue weighted by molar-refractivity contribution is 5.91. The average Bonchev–Trinajstić information content (AvgIpc) is 3.49. The topological polar surface area (TPSA) is 93.0 Å². The summed E-state index contributed by atoms with van der Waals surface area (Å²) < 4.78 is 16.4. The van der Waals surface area contributed by atoms with Gasteiger partial charge in [0.1, 0.15) is 6.26 Å². The molecule has 2 aliphatic heterocycles. The molecule has 0 unspecified atom stereocenters. The van der Waals surface area contributed by atoms with Gasteiger partial charge in [-0.1, -0.05) is 12.1 Å². The predicted octanol–water partition coefficient (Wildman–Crippen LogP) is 2.05. The van der Waals surface area contributed by atoms with E-state index >= 15 is 0 Å². The van der Waals surface area contributed by atoms with Crippen LogP contribution >= 0.6 is 0 Å². The number of oxazole rings is 1. The summed E-state index contributed by atoms with van der Waals surface area (Å²) in [7, 11) is 0. The number of nitrogens with one attached hydrogen (secondary N) is 1. The number of rotatable bonds is 7. The van der Waals surface area contributed by atoms with Gasteiger partial charge in [-0.25, -0.2) is 4.98 Å². The maximum absolute atomic E-state index is 12.3. The molecule has 3 aromatic rings. The number of benzene rings is 1. The molecule has 1 amide bonds. The molecular weight excluding hydrogens is 410 g/mol. The van der Waals surface area contributed by atoms with E-state index in [2.05, 4.69) is 37.2 Å². The molecule has 0 bridgehead atoms. The molecule has 0 aliphatic carbocycles. The molecule has 2 aliphatic rings. The van der Waals surface area contributed by atoms with Crippen molar-refractivity contribution in [1.82, 2.24) is 25.1 Å². The number of aromatic nitrogens is 2. The molecule has 9 heteroatoms. The Kier molecular flexibility index (Phi) is 6.00. The number of ether oxygens (including phenoxy) is 2. The minimum atomic E-state index is -0.252. The number of carbonyl (C=O) groups excluding carboxylic acids is 1. The molecule has 1 fully saturated rings. The second kappa shape index (κ2) is 9.37. The lowest BCUT2D eigenvalue weighted by atomic mass is 10.1. The molecular formula is C23H25N5O4. The number of pyridine rings is 1. The summed E-state index contributed by atoms with van der Waals surface area (Å²) in [5, 5.41) is 2.84. The Morgan fingerprint density at radius 1 is 1.00 bits per heavy atom. The highest BCUT2D eigenvalue weighted by Crippen LogP contribution is 2.32. The largest absolute Gasteiger partial charge is 0.454 e. The zero-order valence-electron chi connectivity index (χ0n) is 17.7. The summed E-state index contributed by atoms with van der Waals surface area (Å²) in [6.07, 6.45) is 4.84. The van der Waals surface area contributed by atoms with Crippen LogP contribution in [0.1, 0.15) is 27.5 Å². The number of carbonyl (C=O) groups is 1. The number of hydrogen-bond acceptors (Lipinski definition) is 8. The van der Waals surface area contributed by atoms with Crippen LogP contribution in [-0.4, -0.2) is 58.6 Å². The van der Waals surface area contributed by atoms with Gasteiger partial charge in [-0.05, 0) is 29.3 Å². The molecule has 1 aromatic carbocycles. The zero-order valence-corrected chi connectivity index (χ0v) is 17.7. The van der Waals surface area contributed by atoms with Gasteiger partial charge in [-0.3, -0.25) is 19.6 Å². The first kappa shape index (κ1) is 20.5. The number of nitrogens with zero attached hydrogens (tertiary/aromatic N) is 4. The van der Waals surface area contributed by atoms with Gasteiger partial charge in [0.15, 0.2) is 17.2 Å². The van der Waals surface area contributed by atoms with Crippen molar-refractivity contribution in [2.24, 2.45) is 0 Å². The van der Waals surface area contributed by atoms with E-state index in [0.29, 0.717) is 31.5 Å². The van der Waals surface area contributed by atoms with Crippen LogP contribution in [0.2, 0.25) is 0 Å². The van der Waals surface area contributed by atoms with Gasteiger partial charge in [-0.2, -0.15) is 0 Å². The van der Waals surface area contributed by atoms with E-state index in [1.165, 1.54) is 11.8 Å². The van der Waals surface area contributed by atoms with Crippen LogP contribution in [0.3, 0.4) is 0 Å². The van der Waals surface area contributed by atoms with Gasteiger partial charge in [0.25, 0.3) is 5.91 Å². The van der Waals surface area contributed by atoms with Gasteiger partial charge >= 0.3 is 0 Å². The summed E-state index contributed by atoms with van der Waals surface area (Å²) in [6.45, 7) is 5.90. The quantitative estimate of drug-likeness (QED) is 0.603. The smallest absolute Gasteiger partial charge is 0.273 e. The fourth-order valence-corrected chi connectivity index (χ4v) is 3.86. The van der Waals surface area contributed by atoms with E-state index in [0.717, 1.165) is 49.8 Å². The van der Waals surface area contributed by atoms with E-state index in [4.69, 9.17) is 13.9 Å². The van der Waals surface area contributed by atoms with Crippen molar-refractivity contribution in [2.45, 2.75) is 19.6 Å². The molecule has 32 heavy (non-hydrogen) atoms. The molecule has 5 rings (SSSR count). The van der Waals surface area contributed by atoms with Crippen LogP contribution in [0.15, 0.2) is 53.4 Å². The highest BCUT2D eigenvalue weighted by Gasteiger charge is 2.21. The Balaban J connectivity index is 1.08. The maximum atomic E-state index is 12.3. The van der Waals surface area contributed by atoms with Crippen LogP contribution in [-0.2, 0) is 19.6 Å². The summed E-state index contributed by atoms with van der Waals surface area (Å²) in [5.41, 5.74) is 2.45. The Bertz CT molecular complexity index is 1060. The Labute approximate surface area is 186 Å². The van der Waals surface area contributed by atoms with Gasteiger partial charge in [-0.15, -0.1) is 0 Å². The van der Waals surface area contributed by atoms with Crippen LogP contribution in [0.25, 0.3) is 0 Å². The van der Waals surface area contributed by atoms with Crippen molar-refractivity contribution < 1.29 is 18.7 Å². The lowest BCUT2D eigenvalue weighted by molar-refractivity contribution is 0.0945. The predicted molar refractivity (Wildman–Crippen MR) is 115 cm³/mol. The molecule has 0 saturated carbocycles. The van der Waals surface area contributed by atoms with E-state index in [9.17, 15) is 4.79 Å². The third-order valence-electron chi connectivity index (χ3n) is 5.63. The van der Waals surface area contributed by atoms with Gasteiger partial charge < -0.3 is 19.2 Å². The summed E-state index contributed by atoms with van der Waals surface area (Å²) in [5.74, 6) is 1.94. The number of amides is 1. The van der Waals surface area contributed by atoms with E-state index < -0.39 is 0 Å². The standard InChI is InChI=1S/C23H25N5O4/c29-23(25-12-18-2-1-5-24-11-18)19-15-30-22(26-19)14-28-8-6-27(7-9-28)13-17-3-4-20-21(10-17)32-16-31-20/h1-5,10-11,15H,6-9,12-14,16H2,(H,25,29). The fraction of sp³-hybridized carbons (Fsp3) is 0.348. The molecule has 1 saturated heterocycles. The lowest BCUT2D eigenvalue weighted by Gasteiger charge is -2.34. The normalized spacial score (nSPS) is 16.2. The molecule has 9 nitrogen and oxygen atoms in total. The van der Waals surface area contributed by atoms with Gasteiger partial charge in [0.2, 0.25) is 12.7 Å². The summed E-state index contributed by atoms with van der Waals surface area (Å²) in [6, 6.07) is 9.87. The maximum Gasteiger partial charge on any atom is 0.273 e. The monoisotopic (exact) mass is 435 g/mol. The summed E-state index contributed by atoms with van der Waals surface area (Å²) >= 11 is 0. The van der Waals surface area contributed by atoms with E-state index in [-0.39, 0.29) is 5.91 Å². The molecule has 4 heterocycles. The van der Waals surface area contributed by atoms with Gasteiger partial charge in [0.05, 0.1) is 6.54 Å². The van der Waals surface area contributed by atoms with Crippen LogP contribution in [0.5, 0.6) is 11.5 Å². The van der Waals surface area contributed by atoms with Crippen molar-refractivity contribution in [2.75, 3.05) is 33.0 Å². The SMILES string of the molecule is O=C(NCc1cccnc1)c1coc(CN2CCN(Cc3ccc4c(c3)OCO4)CC2)n1. The summed E-state index contributed by atoms with van der Waals surface area (Å²) in [4.78, 5) is 25.4. The molecule has 0 atom stereocenters. The van der Waals surface area contributed by atoms with E-state index in [1.54, 1.807) is 12.4 Å². The first-order valence-corrected chi connectivity index (χ1v) is 10.7. The third kappa shape index (κ3) is 4.90. The molecule has 0 spiro atoms. The average molecular weight is 435 g/mol. The van der Waals surface area contributed by atoms with Crippen molar-refractivity contribution in [3.05, 3.63) is 71.7 Å². The lowest BCUT2D eigenvalue weighted by Crippen LogP contribution is -2.45. The van der Waals surface area contributed by atoms with E-state index in [1.807, 2.05) is 18.2 Å². The minimum absolute atomic E-state index is 0.252. The minimum Gasteiger partial charge on any atom is -0.454 e. The zero-order chi connectivity index (χ0) is 21.8. The van der Waals surface area contributed by atoms with Crippen molar-refractivity contribution in [3.63, 3.8) is 0 Å². The van der Waals surface area contributed by atoms with Crippen molar-refractivity contribution in [1.29, 1.82) is 0 Å². The second-order valence-corrected chi connectivity index (χ2v) is 7.91. The van der Waals surface area contributed by atoms with Crippen LogP contribution in [0.4, 0.5) is 0 Å². The molecule has 166 valence electrons. The van der Waals surface area contributed by atoms with Crippen LogP contribution < -0.4 is 14.8 Å². The first-order chi connectivity index (χ1) is 15.7. The molecule has 2 aromatic heterocycles. The number of fused-ring (bicyclic) bond motifs is 1. The Morgan fingerprint density at radius 2 is 1.81 bits per heavy atom. The number of hydrogen-bond donors (Lipinski definition) is 1. The first-order valence-electron chi connectivity index (χ1n) is 10.7. The third-order valence-corrected chi connectivity index (χ3v) is 5.63. The van der Waals surface area contributed by atoms with Crippen molar-refractivity contribution in [3.8, 4) is 11.5 Å². The Hall–Kier alpha value is -3.43. The highest BCUT2D eigenvalue weighted by atomic mass is 16.7. The van der Waals surface area contributed by atoms with Crippen molar-refractivity contribution >= 4 is 5.91 Å². The van der Waals surface area contributed by atoms with Crippen LogP contribution in [0, 0.1) is 0 Å². The molecule has 1 N–H and O–H groups in total. The molecule has 0 radical (unpaired) electrons. The fourth-order valence-electron chi connectivity index (χ4n) is 3.86. The number of piperazine rings is 1.